The molecule has 0 unspecified atom stereocenters. The highest BCUT2D eigenvalue weighted by atomic mass is 16.5. The van der Waals surface area contributed by atoms with E-state index in [4.69, 9.17) is 9.47 Å². The molecule has 4 heterocycles. The van der Waals surface area contributed by atoms with Gasteiger partial charge in [-0.25, -0.2) is 0 Å². The predicted octanol–water partition coefficient (Wildman–Crippen LogP) is 4.96. The number of rotatable bonds is 4. The molecule has 0 radical (unpaired) electrons. The molecular weight excluding hydrogens is 466 g/mol. The molecule has 1 aromatic heterocycles. The minimum atomic E-state index is 0.00309. The van der Waals surface area contributed by atoms with Gasteiger partial charge < -0.3 is 19.3 Å². The van der Waals surface area contributed by atoms with E-state index in [1.165, 1.54) is 0 Å². The summed E-state index contributed by atoms with van der Waals surface area (Å²) >= 11 is 0. The van der Waals surface area contributed by atoms with Crippen LogP contribution in [0.15, 0.2) is 48.8 Å². The molecule has 0 atom stereocenters. The smallest absolute Gasteiger partial charge is 0.257 e. The number of benzene rings is 1. The molecule has 0 spiro atoms. The van der Waals surface area contributed by atoms with Gasteiger partial charge in [0.15, 0.2) is 0 Å². The van der Waals surface area contributed by atoms with Gasteiger partial charge in [-0.1, -0.05) is 31.4 Å². The molecule has 0 N–H and O–H groups in total. The Labute approximate surface area is 220 Å². The van der Waals surface area contributed by atoms with Crippen molar-refractivity contribution >= 4 is 11.8 Å². The van der Waals surface area contributed by atoms with Crippen molar-refractivity contribution in [3.63, 3.8) is 0 Å². The van der Waals surface area contributed by atoms with E-state index < -0.39 is 0 Å². The lowest BCUT2D eigenvalue weighted by atomic mass is 9.75. The minimum absolute atomic E-state index is 0.00309. The average Bonchev–Trinajstić information content (AvgIpc) is 3.48. The van der Waals surface area contributed by atoms with Gasteiger partial charge in [-0.2, -0.15) is 0 Å². The summed E-state index contributed by atoms with van der Waals surface area (Å²) in [5.74, 6) is 1.83. The van der Waals surface area contributed by atoms with Crippen LogP contribution in [-0.4, -0.2) is 66.0 Å². The summed E-state index contributed by atoms with van der Waals surface area (Å²) in [7, 11) is 0. The predicted molar refractivity (Wildman–Crippen MR) is 142 cm³/mol. The topological polar surface area (TPSA) is 72.0 Å². The van der Waals surface area contributed by atoms with Crippen LogP contribution < -0.4 is 9.47 Å². The fourth-order valence-electron chi connectivity index (χ4n) is 6.09. The molecule has 1 saturated heterocycles. The second-order valence-corrected chi connectivity index (χ2v) is 10.9. The Kier molecular flexibility index (Phi) is 8.27. The van der Waals surface area contributed by atoms with E-state index in [1.54, 1.807) is 12.4 Å². The van der Waals surface area contributed by atoms with Crippen LogP contribution in [0.5, 0.6) is 11.5 Å². The maximum atomic E-state index is 13.5. The standard InChI is InChI=1S/C30H39N3O4/c34-28(24-8-1-2-9-24)32-17-6-5-13-30(23-37-25-10-7-16-31-22-25)14-18-33(19-15-30)29(35)26-11-3-4-12-27(26)36-21-20-32/h3-4,7,10-12,16,22,24H,1-2,5-6,8-9,13-15,17-21,23H2. The minimum Gasteiger partial charge on any atom is -0.491 e. The molecule has 2 amide bonds. The number of hydrogen-bond donors (Lipinski definition) is 0. The van der Waals surface area contributed by atoms with E-state index in [1.807, 2.05) is 46.2 Å². The molecule has 2 fully saturated rings. The number of nitrogens with zero attached hydrogens (tertiary/aromatic N) is 3. The quantitative estimate of drug-likeness (QED) is 0.587. The van der Waals surface area contributed by atoms with Gasteiger partial charge in [-0.15, -0.1) is 0 Å². The number of carbonyl (C=O) groups is 2. The lowest BCUT2D eigenvalue weighted by Gasteiger charge is -2.42. The maximum absolute atomic E-state index is 13.5. The van der Waals surface area contributed by atoms with E-state index in [-0.39, 0.29) is 23.1 Å². The fraction of sp³-hybridized carbons (Fsp3) is 0.567. The van der Waals surface area contributed by atoms with Gasteiger partial charge in [0.2, 0.25) is 5.91 Å². The zero-order valence-corrected chi connectivity index (χ0v) is 21.8. The Morgan fingerprint density at radius 2 is 1.78 bits per heavy atom. The van der Waals surface area contributed by atoms with Crippen molar-refractivity contribution < 1.29 is 19.1 Å². The zero-order valence-electron chi connectivity index (χ0n) is 21.8. The van der Waals surface area contributed by atoms with Crippen molar-refractivity contribution in [1.29, 1.82) is 0 Å². The van der Waals surface area contributed by atoms with Crippen LogP contribution in [0.3, 0.4) is 0 Å². The molecular formula is C30H39N3O4. The maximum Gasteiger partial charge on any atom is 0.257 e. The van der Waals surface area contributed by atoms with Gasteiger partial charge in [0.05, 0.1) is 24.9 Å². The Balaban J connectivity index is 1.34. The van der Waals surface area contributed by atoms with Crippen LogP contribution in [0.25, 0.3) is 0 Å². The van der Waals surface area contributed by atoms with E-state index in [0.717, 1.165) is 70.1 Å². The number of fused-ring (bicyclic) bond motifs is 9. The summed E-state index contributed by atoms with van der Waals surface area (Å²) in [6.07, 6.45) is 12.6. The van der Waals surface area contributed by atoms with Crippen LogP contribution in [-0.2, 0) is 4.79 Å². The van der Waals surface area contributed by atoms with Crippen LogP contribution in [0, 0.1) is 11.3 Å². The number of pyridine rings is 1. The number of para-hydroxylation sites is 1. The largest absolute Gasteiger partial charge is 0.491 e. The molecule has 2 bridgehead atoms. The second kappa shape index (κ2) is 12.0. The van der Waals surface area contributed by atoms with Gasteiger partial charge in [0.25, 0.3) is 5.91 Å². The normalized spacial score (nSPS) is 21.0. The highest BCUT2D eigenvalue weighted by Crippen LogP contribution is 2.38. The Bertz CT molecular complexity index is 1050. The molecule has 2 aromatic rings. The van der Waals surface area contributed by atoms with E-state index in [2.05, 4.69) is 4.98 Å². The summed E-state index contributed by atoms with van der Waals surface area (Å²) in [5, 5.41) is 0. The lowest BCUT2D eigenvalue weighted by Crippen LogP contribution is -2.45. The van der Waals surface area contributed by atoms with Gasteiger partial charge in [-0.3, -0.25) is 14.6 Å². The Morgan fingerprint density at radius 1 is 0.973 bits per heavy atom. The number of aromatic nitrogens is 1. The summed E-state index contributed by atoms with van der Waals surface area (Å²) < 4.78 is 12.3. The molecule has 1 saturated carbocycles. The molecule has 7 nitrogen and oxygen atoms in total. The first-order valence-corrected chi connectivity index (χ1v) is 14.0. The number of ether oxygens (including phenoxy) is 2. The molecule has 1 aliphatic carbocycles. The zero-order chi connectivity index (χ0) is 25.5. The molecule has 3 aliphatic heterocycles. The molecule has 7 heteroatoms. The third-order valence-electron chi connectivity index (χ3n) is 8.43. The Morgan fingerprint density at radius 3 is 2.57 bits per heavy atom. The van der Waals surface area contributed by atoms with Gasteiger partial charge in [0, 0.05) is 37.2 Å². The van der Waals surface area contributed by atoms with Crippen molar-refractivity contribution in [2.24, 2.45) is 11.3 Å². The van der Waals surface area contributed by atoms with Crippen LogP contribution in [0.2, 0.25) is 0 Å². The van der Waals surface area contributed by atoms with Gasteiger partial charge >= 0.3 is 0 Å². The monoisotopic (exact) mass is 505 g/mol. The third-order valence-corrected chi connectivity index (χ3v) is 8.43. The second-order valence-electron chi connectivity index (χ2n) is 10.9. The van der Waals surface area contributed by atoms with Crippen LogP contribution >= 0.6 is 0 Å². The summed E-state index contributed by atoms with van der Waals surface area (Å²) in [4.78, 5) is 35.0. The van der Waals surface area contributed by atoms with Crippen molar-refractivity contribution in [2.45, 2.75) is 57.8 Å². The molecule has 6 rings (SSSR count). The Hall–Kier alpha value is -3.09. The van der Waals surface area contributed by atoms with Crippen molar-refractivity contribution in [3.8, 4) is 11.5 Å². The summed E-state index contributed by atoms with van der Waals surface area (Å²) in [5.41, 5.74) is 0.605. The third kappa shape index (κ3) is 6.25. The van der Waals surface area contributed by atoms with Crippen LogP contribution in [0.4, 0.5) is 0 Å². The highest BCUT2D eigenvalue weighted by molar-refractivity contribution is 5.97. The average molecular weight is 506 g/mol. The van der Waals surface area contributed by atoms with Crippen LogP contribution in [0.1, 0.15) is 68.1 Å². The van der Waals surface area contributed by atoms with E-state index in [0.29, 0.717) is 44.2 Å². The number of carbonyl (C=O) groups excluding carboxylic acids is 2. The first kappa shape index (κ1) is 25.6. The van der Waals surface area contributed by atoms with Crippen molar-refractivity contribution in [2.75, 3.05) is 39.4 Å². The van der Waals surface area contributed by atoms with E-state index in [9.17, 15) is 9.59 Å². The van der Waals surface area contributed by atoms with Crippen molar-refractivity contribution in [3.05, 3.63) is 54.4 Å². The number of piperidine rings is 1. The first-order chi connectivity index (χ1) is 18.1. The van der Waals surface area contributed by atoms with Gasteiger partial charge in [0.1, 0.15) is 18.1 Å². The molecule has 4 aliphatic rings. The summed E-state index contributed by atoms with van der Waals surface area (Å²) in [6.45, 7) is 3.73. The highest BCUT2D eigenvalue weighted by Gasteiger charge is 2.37. The van der Waals surface area contributed by atoms with E-state index >= 15 is 0 Å². The summed E-state index contributed by atoms with van der Waals surface area (Å²) in [6, 6.07) is 11.3. The number of hydrogen-bond acceptors (Lipinski definition) is 5. The molecule has 198 valence electrons. The SMILES string of the molecule is O=C1c2ccccc2OCCN(C(=O)C2CCCC2)CCCCC2(COc3cccnc3)CCN1CC2. The number of amides is 2. The first-order valence-electron chi connectivity index (χ1n) is 14.0. The van der Waals surface area contributed by atoms with Gasteiger partial charge in [-0.05, 0) is 62.8 Å². The molecule has 37 heavy (non-hydrogen) atoms. The fourth-order valence-corrected chi connectivity index (χ4v) is 6.09. The molecule has 1 aromatic carbocycles. The van der Waals surface area contributed by atoms with Crippen molar-refractivity contribution in [1.82, 2.24) is 14.8 Å². The lowest BCUT2D eigenvalue weighted by molar-refractivity contribution is -0.135.